The number of rotatable bonds is 5. The molecule has 1 saturated heterocycles. The molecule has 0 spiro atoms. The van der Waals surface area contributed by atoms with Gasteiger partial charge in [0.25, 0.3) is 0 Å². The van der Waals surface area contributed by atoms with Crippen molar-refractivity contribution in [3.8, 4) is 5.75 Å². The summed E-state index contributed by atoms with van der Waals surface area (Å²) >= 11 is 0. The second-order valence-electron chi connectivity index (χ2n) is 5.15. The molecule has 1 aliphatic heterocycles. The minimum atomic E-state index is -0.385. The second kappa shape index (κ2) is 7.20. The van der Waals surface area contributed by atoms with Crippen molar-refractivity contribution in [3.05, 3.63) is 48.3 Å². The summed E-state index contributed by atoms with van der Waals surface area (Å²) in [7, 11) is 0. The van der Waals surface area contributed by atoms with Gasteiger partial charge in [0.2, 0.25) is 0 Å². The maximum absolute atomic E-state index is 12.0. The normalized spacial score (nSPS) is 15.6. The first-order valence-electron chi connectivity index (χ1n) is 7.41. The van der Waals surface area contributed by atoms with Gasteiger partial charge in [-0.2, -0.15) is 5.10 Å². The van der Waals surface area contributed by atoms with Crippen LogP contribution in [0, 0.1) is 0 Å². The number of benzene rings is 1. The van der Waals surface area contributed by atoms with Crippen molar-refractivity contribution < 1.29 is 14.3 Å². The average molecular weight is 301 g/mol. The lowest BCUT2D eigenvalue weighted by Crippen LogP contribution is -2.38. The van der Waals surface area contributed by atoms with E-state index in [1.54, 1.807) is 29.2 Å². The largest absolute Gasteiger partial charge is 0.423 e. The molecule has 1 aromatic heterocycles. The van der Waals surface area contributed by atoms with Crippen LogP contribution in [0.1, 0.15) is 10.4 Å². The van der Waals surface area contributed by atoms with Gasteiger partial charge in [-0.05, 0) is 12.1 Å². The maximum Gasteiger partial charge on any atom is 0.346 e. The third-order valence-corrected chi connectivity index (χ3v) is 3.57. The van der Waals surface area contributed by atoms with Gasteiger partial charge in [0, 0.05) is 25.8 Å². The van der Waals surface area contributed by atoms with E-state index in [1.165, 1.54) is 0 Å². The molecule has 0 N–H and O–H groups in total. The van der Waals surface area contributed by atoms with Crippen LogP contribution in [0.4, 0.5) is 0 Å². The molecule has 1 fully saturated rings. The van der Waals surface area contributed by atoms with Gasteiger partial charge in [0.05, 0.1) is 31.5 Å². The summed E-state index contributed by atoms with van der Waals surface area (Å²) in [6.45, 7) is 5.12. The number of para-hydroxylation sites is 1. The van der Waals surface area contributed by atoms with Crippen LogP contribution in [0.25, 0.3) is 0 Å². The molecule has 0 atom stereocenters. The summed E-state index contributed by atoms with van der Waals surface area (Å²) in [5.74, 6) is 0.150. The van der Waals surface area contributed by atoms with Crippen molar-refractivity contribution in [1.29, 1.82) is 0 Å². The first kappa shape index (κ1) is 14.7. The highest BCUT2D eigenvalue weighted by atomic mass is 16.5. The fourth-order valence-electron chi connectivity index (χ4n) is 2.31. The number of esters is 1. The predicted octanol–water partition coefficient (Wildman–Crippen LogP) is 1.43. The second-order valence-corrected chi connectivity index (χ2v) is 5.15. The van der Waals surface area contributed by atoms with Gasteiger partial charge >= 0.3 is 5.97 Å². The Balaban J connectivity index is 1.53. The molecule has 2 heterocycles. The van der Waals surface area contributed by atoms with Gasteiger partial charge in [-0.15, -0.1) is 0 Å². The van der Waals surface area contributed by atoms with E-state index in [0.717, 1.165) is 39.4 Å². The molecule has 0 amide bonds. The minimum Gasteiger partial charge on any atom is -0.423 e. The molecule has 3 rings (SSSR count). The molecule has 116 valence electrons. The Kier molecular flexibility index (Phi) is 4.82. The highest BCUT2D eigenvalue weighted by Crippen LogP contribution is 2.11. The topological polar surface area (TPSA) is 56.6 Å². The first-order chi connectivity index (χ1) is 10.8. The van der Waals surface area contributed by atoms with Crippen LogP contribution in [0.3, 0.4) is 0 Å². The molecule has 6 nitrogen and oxygen atoms in total. The monoisotopic (exact) mass is 301 g/mol. The number of hydrogen-bond acceptors (Lipinski definition) is 5. The van der Waals surface area contributed by atoms with Crippen LogP contribution >= 0.6 is 0 Å². The predicted molar refractivity (Wildman–Crippen MR) is 80.9 cm³/mol. The van der Waals surface area contributed by atoms with Crippen LogP contribution in [0.5, 0.6) is 5.75 Å². The molecule has 0 saturated carbocycles. The van der Waals surface area contributed by atoms with Crippen molar-refractivity contribution in [2.45, 2.75) is 6.54 Å². The smallest absolute Gasteiger partial charge is 0.346 e. The number of ether oxygens (including phenoxy) is 2. The highest BCUT2D eigenvalue weighted by molar-refractivity contribution is 5.90. The van der Waals surface area contributed by atoms with Crippen molar-refractivity contribution >= 4 is 5.97 Å². The minimum absolute atomic E-state index is 0.385. The quantitative estimate of drug-likeness (QED) is 0.618. The van der Waals surface area contributed by atoms with Crippen molar-refractivity contribution in [2.75, 3.05) is 32.8 Å². The summed E-state index contributed by atoms with van der Waals surface area (Å²) in [6, 6.07) is 9.03. The lowest BCUT2D eigenvalue weighted by atomic mass is 10.3. The Morgan fingerprint density at radius 1 is 1.18 bits per heavy atom. The van der Waals surface area contributed by atoms with Crippen LogP contribution in [-0.4, -0.2) is 53.5 Å². The molecule has 0 radical (unpaired) electrons. The van der Waals surface area contributed by atoms with E-state index in [9.17, 15) is 4.79 Å². The van der Waals surface area contributed by atoms with Crippen LogP contribution in [-0.2, 0) is 11.3 Å². The fraction of sp³-hybridized carbons (Fsp3) is 0.375. The Labute approximate surface area is 129 Å². The maximum atomic E-state index is 12.0. The van der Waals surface area contributed by atoms with Gasteiger partial charge in [0.15, 0.2) is 0 Å². The summed E-state index contributed by atoms with van der Waals surface area (Å²) in [6.07, 6.45) is 3.27. The highest BCUT2D eigenvalue weighted by Gasteiger charge is 2.13. The molecule has 2 aromatic rings. The van der Waals surface area contributed by atoms with E-state index in [1.807, 2.05) is 18.2 Å². The van der Waals surface area contributed by atoms with Crippen molar-refractivity contribution in [3.63, 3.8) is 0 Å². The molecule has 1 aliphatic rings. The average Bonchev–Trinajstić information content (AvgIpc) is 3.04. The molecule has 0 aliphatic carbocycles. The van der Waals surface area contributed by atoms with E-state index in [2.05, 4.69) is 10.00 Å². The summed E-state index contributed by atoms with van der Waals surface area (Å²) in [5, 5.41) is 4.22. The molecule has 0 unspecified atom stereocenters. The first-order valence-corrected chi connectivity index (χ1v) is 7.41. The lowest BCUT2D eigenvalue weighted by Gasteiger charge is -2.26. The molecule has 6 heteroatoms. The molecule has 0 bridgehead atoms. The van der Waals surface area contributed by atoms with Crippen molar-refractivity contribution in [1.82, 2.24) is 14.7 Å². The van der Waals surface area contributed by atoms with Gasteiger partial charge in [0.1, 0.15) is 5.75 Å². The standard InChI is InChI=1S/C16H19N3O3/c20-16(22-15-4-2-1-3-5-15)14-12-17-19(13-14)7-6-18-8-10-21-11-9-18/h1-5,12-13H,6-11H2. The number of aromatic nitrogens is 2. The molecule has 22 heavy (non-hydrogen) atoms. The van der Waals surface area contributed by atoms with E-state index < -0.39 is 0 Å². The molecular formula is C16H19N3O3. The number of hydrogen-bond donors (Lipinski definition) is 0. The summed E-state index contributed by atoms with van der Waals surface area (Å²) < 4.78 is 12.4. The molecular weight excluding hydrogens is 282 g/mol. The Morgan fingerprint density at radius 3 is 2.73 bits per heavy atom. The van der Waals surface area contributed by atoms with Gasteiger partial charge < -0.3 is 9.47 Å². The van der Waals surface area contributed by atoms with Crippen LogP contribution in [0.2, 0.25) is 0 Å². The van der Waals surface area contributed by atoms with Gasteiger partial charge in [-0.25, -0.2) is 4.79 Å². The third-order valence-electron chi connectivity index (χ3n) is 3.57. The Hall–Kier alpha value is -2.18. The Bertz CT molecular complexity index is 606. The van der Waals surface area contributed by atoms with Gasteiger partial charge in [-0.1, -0.05) is 18.2 Å². The Morgan fingerprint density at radius 2 is 1.95 bits per heavy atom. The zero-order chi connectivity index (χ0) is 15.2. The SMILES string of the molecule is O=C(Oc1ccccc1)c1cnn(CCN2CCOCC2)c1. The van der Waals surface area contributed by atoms with E-state index in [0.29, 0.717) is 11.3 Å². The molecule has 1 aromatic carbocycles. The fourth-order valence-corrected chi connectivity index (χ4v) is 2.31. The van der Waals surface area contributed by atoms with Crippen LogP contribution in [0.15, 0.2) is 42.7 Å². The van der Waals surface area contributed by atoms with E-state index in [4.69, 9.17) is 9.47 Å². The zero-order valence-electron chi connectivity index (χ0n) is 12.4. The van der Waals surface area contributed by atoms with Crippen molar-refractivity contribution in [2.24, 2.45) is 0 Å². The third kappa shape index (κ3) is 3.93. The number of morpholine rings is 1. The number of carbonyl (C=O) groups excluding carboxylic acids is 1. The van der Waals surface area contributed by atoms with E-state index >= 15 is 0 Å². The van der Waals surface area contributed by atoms with Crippen LogP contribution < -0.4 is 4.74 Å². The number of nitrogens with zero attached hydrogens (tertiary/aromatic N) is 3. The van der Waals surface area contributed by atoms with E-state index in [-0.39, 0.29) is 5.97 Å². The lowest BCUT2D eigenvalue weighted by molar-refractivity contribution is 0.0359. The zero-order valence-corrected chi connectivity index (χ0v) is 12.4. The summed E-state index contributed by atoms with van der Waals surface area (Å²) in [4.78, 5) is 14.4. The number of carbonyl (C=O) groups is 1. The summed E-state index contributed by atoms with van der Waals surface area (Å²) in [5.41, 5.74) is 0.464. The van der Waals surface area contributed by atoms with Gasteiger partial charge in [-0.3, -0.25) is 9.58 Å².